The van der Waals surface area contributed by atoms with Crippen LogP contribution in [-0.2, 0) is 0 Å². The number of hydrogen-bond acceptors (Lipinski definition) is 3. The second-order valence-corrected chi connectivity index (χ2v) is 2.32. The number of carbonyl (C=O) groups is 1. The van der Waals surface area contributed by atoms with Crippen LogP contribution in [0.2, 0.25) is 0 Å². The number of carboxylic acids is 1. The van der Waals surface area contributed by atoms with Gasteiger partial charge in [-0.05, 0) is 17.7 Å². The standard InChI is InChI=1S/C7H4FN3O3/c8-4-2-5(10-11-9)3(7(13)14)1-6(4)12/h1-2,12H,(H,13,14). The fourth-order valence-corrected chi connectivity index (χ4v) is 0.854. The molecule has 0 unspecified atom stereocenters. The summed E-state index contributed by atoms with van der Waals surface area (Å²) in [6.07, 6.45) is 0. The molecule has 0 amide bonds. The zero-order valence-electron chi connectivity index (χ0n) is 6.68. The van der Waals surface area contributed by atoms with Crippen LogP contribution < -0.4 is 0 Å². The molecule has 2 N–H and O–H groups in total. The number of rotatable bonds is 2. The summed E-state index contributed by atoms with van der Waals surface area (Å²) in [5.41, 5.74) is 7.23. The molecule has 72 valence electrons. The first-order chi connectivity index (χ1) is 6.56. The molecule has 0 atom stereocenters. The predicted molar refractivity (Wildman–Crippen MR) is 43.8 cm³/mol. The van der Waals surface area contributed by atoms with Crippen molar-refractivity contribution >= 4 is 11.7 Å². The van der Waals surface area contributed by atoms with Crippen molar-refractivity contribution in [3.8, 4) is 5.75 Å². The Labute approximate surface area is 76.8 Å². The average molecular weight is 197 g/mol. The van der Waals surface area contributed by atoms with E-state index in [-0.39, 0.29) is 5.69 Å². The maximum absolute atomic E-state index is 12.7. The van der Waals surface area contributed by atoms with Crippen LogP contribution in [0.1, 0.15) is 10.4 Å². The van der Waals surface area contributed by atoms with Gasteiger partial charge in [0.05, 0.1) is 11.3 Å². The molecule has 7 heteroatoms. The number of phenols is 1. The van der Waals surface area contributed by atoms with Crippen LogP contribution in [0.25, 0.3) is 10.4 Å². The molecule has 0 aliphatic carbocycles. The number of benzene rings is 1. The van der Waals surface area contributed by atoms with Crippen LogP contribution in [-0.4, -0.2) is 16.2 Å². The third kappa shape index (κ3) is 1.73. The molecule has 6 nitrogen and oxygen atoms in total. The second-order valence-electron chi connectivity index (χ2n) is 2.32. The molecular formula is C7H4FN3O3. The molecule has 0 heterocycles. The van der Waals surface area contributed by atoms with Crippen LogP contribution in [0.5, 0.6) is 5.75 Å². The normalized spacial score (nSPS) is 9.21. The smallest absolute Gasteiger partial charge is 0.336 e. The maximum atomic E-state index is 12.7. The first-order valence-corrected chi connectivity index (χ1v) is 3.37. The first kappa shape index (κ1) is 9.82. The number of phenolic OH excluding ortho intramolecular Hbond substituents is 1. The Hall–Kier alpha value is -2.27. The summed E-state index contributed by atoms with van der Waals surface area (Å²) in [6, 6.07) is 1.33. The third-order valence-corrected chi connectivity index (χ3v) is 1.45. The summed E-state index contributed by atoms with van der Waals surface area (Å²) in [5, 5.41) is 20.4. The lowest BCUT2D eigenvalue weighted by Gasteiger charge is -2.01. The highest BCUT2D eigenvalue weighted by Crippen LogP contribution is 2.27. The molecule has 0 spiro atoms. The molecule has 0 radical (unpaired) electrons. The number of halogens is 1. The van der Waals surface area contributed by atoms with Crippen molar-refractivity contribution in [3.63, 3.8) is 0 Å². The molecule has 1 aromatic carbocycles. The Morgan fingerprint density at radius 1 is 1.57 bits per heavy atom. The molecular weight excluding hydrogens is 193 g/mol. The van der Waals surface area contributed by atoms with Gasteiger partial charge in [-0.1, -0.05) is 5.11 Å². The van der Waals surface area contributed by atoms with E-state index in [0.29, 0.717) is 12.1 Å². The van der Waals surface area contributed by atoms with Gasteiger partial charge in [-0.3, -0.25) is 0 Å². The van der Waals surface area contributed by atoms with Gasteiger partial charge in [0.1, 0.15) is 0 Å². The first-order valence-electron chi connectivity index (χ1n) is 3.37. The fourth-order valence-electron chi connectivity index (χ4n) is 0.854. The summed E-state index contributed by atoms with van der Waals surface area (Å²) in [5.74, 6) is -3.26. The van der Waals surface area contributed by atoms with E-state index in [1.165, 1.54) is 0 Å². The van der Waals surface area contributed by atoms with Gasteiger partial charge >= 0.3 is 5.97 Å². The van der Waals surface area contributed by atoms with Gasteiger partial charge in [0.25, 0.3) is 0 Å². The van der Waals surface area contributed by atoms with Gasteiger partial charge in [-0.15, -0.1) is 0 Å². The predicted octanol–water partition coefficient (Wildman–Crippen LogP) is 2.17. The lowest BCUT2D eigenvalue weighted by Crippen LogP contribution is -1.97. The van der Waals surface area contributed by atoms with Crippen molar-refractivity contribution in [2.24, 2.45) is 5.11 Å². The number of carboxylic acid groups (broad SMARTS) is 1. The van der Waals surface area contributed by atoms with E-state index >= 15 is 0 Å². The number of hydrogen-bond donors (Lipinski definition) is 2. The molecule has 0 saturated carbocycles. The third-order valence-electron chi connectivity index (χ3n) is 1.45. The van der Waals surface area contributed by atoms with Crippen molar-refractivity contribution in [1.29, 1.82) is 0 Å². The van der Waals surface area contributed by atoms with Crippen LogP contribution >= 0.6 is 0 Å². The molecule has 14 heavy (non-hydrogen) atoms. The molecule has 0 aliphatic heterocycles. The molecule has 0 aliphatic rings. The molecule has 0 fully saturated rings. The lowest BCUT2D eigenvalue weighted by atomic mass is 10.1. The van der Waals surface area contributed by atoms with Crippen LogP contribution in [0.4, 0.5) is 10.1 Å². The summed E-state index contributed by atoms with van der Waals surface area (Å²) in [7, 11) is 0. The zero-order chi connectivity index (χ0) is 10.7. The Morgan fingerprint density at radius 2 is 2.21 bits per heavy atom. The summed E-state index contributed by atoms with van der Waals surface area (Å²) < 4.78 is 12.7. The van der Waals surface area contributed by atoms with Gasteiger partial charge in [0.15, 0.2) is 11.6 Å². The molecule has 1 rings (SSSR count). The van der Waals surface area contributed by atoms with E-state index in [1.54, 1.807) is 0 Å². The molecule has 0 bridgehead atoms. The van der Waals surface area contributed by atoms with Crippen LogP contribution in [0.15, 0.2) is 17.2 Å². The van der Waals surface area contributed by atoms with Crippen LogP contribution in [0.3, 0.4) is 0 Å². The monoisotopic (exact) mass is 197 g/mol. The SMILES string of the molecule is [N-]=[N+]=Nc1cc(F)c(O)cc1C(=O)O. The Morgan fingerprint density at radius 3 is 2.71 bits per heavy atom. The highest BCUT2D eigenvalue weighted by atomic mass is 19.1. The van der Waals surface area contributed by atoms with Gasteiger partial charge in [-0.2, -0.15) is 0 Å². The van der Waals surface area contributed by atoms with E-state index in [0.717, 1.165) is 0 Å². The highest BCUT2D eigenvalue weighted by molar-refractivity contribution is 5.93. The van der Waals surface area contributed by atoms with Gasteiger partial charge in [-0.25, -0.2) is 9.18 Å². The summed E-state index contributed by atoms with van der Waals surface area (Å²) >= 11 is 0. The quantitative estimate of drug-likeness (QED) is 0.431. The molecule has 1 aromatic rings. The van der Waals surface area contributed by atoms with Crippen molar-refractivity contribution in [2.45, 2.75) is 0 Å². The van der Waals surface area contributed by atoms with Crippen molar-refractivity contribution in [2.75, 3.05) is 0 Å². The van der Waals surface area contributed by atoms with E-state index < -0.39 is 23.1 Å². The van der Waals surface area contributed by atoms with Gasteiger partial charge in [0, 0.05) is 4.91 Å². The van der Waals surface area contributed by atoms with E-state index in [2.05, 4.69) is 10.0 Å². The minimum absolute atomic E-state index is 0.379. The molecule has 0 saturated heterocycles. The van der Waals surface area contributed by atoms with E-state index in [4.69, 9.17) is 15.7 Å². The largest absolute Gasteiger partial charge is 0.505 e. The number of nitrogens with zero attached hydrogens (tertiary/aromatic N) is 3. The van der Waals surface area contributed by atoms with Gasteiger partial charge in [0.2, 0.25) is 0 Å². The Bertz CT molecular complexity index is 413. The Kier molecular flexibility index (Phi) is 2.54. The lowest BCUT2D eigenvalue weighted by molar-refractivity contribution is 0.0697. The zero-order valence-corrected chi connectivity index (χ0v) is 6.68. The molecule has 0 aromatic heterocycles. The Balaban J connectivity index is 3.45. The summed E-state index contributed by atoms with van der Waals surface area (Å²) in [4.78, 5) is 12.9. The number of aromatic carboxylic acids is 1. The minimum atomic E-state index is -1.41. The van der Waals surface area contributed by atoms with E-state index in [1.807, 2.05) is 0 Å². The van der Waals surface area contributed by atoms with Crippen LogP contribution in [0, 0.1) is 5.82 Å². The topological polar surface area (TPSA) is 106 Å². The number of azide groups is 1. The average Bonchev–Trinajstić information content (AvgIpc) is 2.11. The minimum Gasteiger partial charge on any atom is -0.505 e. The van der Waals surface area contributed by atoms with Crippen molar-refractivity contribution in [1.82, 2.24) is 0 Å². The van der Waals surface area contributed by atoms with Gasteiger partial charge < -0.3 is 10.2 Å². The number of aromatic hydroxyl groups is 1. The van der Waals surface area contributed by atoms with Crippen molar-refractivity contribution in [3.05, 3.63) is 34.0 Å². The maximum Gasteiger partial charge on any atom is 0.336 e. The van der Waals surface area contributed by atoms with Crippen molar-refractivity contribution < 1.29 is 19.4 Å². The second kappa shape index (κ2) is 3.63. The fraction of sp³-hybridized carbons (Fsp3) is 0. The van der Waals surface area contributed by atoms with E-state index in [9.17, 15) is 9.18 Å². The highest BCUT2D eigenvalue weighted by Gasteiger charge is 2.13. The summed E-state index contributed by atoms with van der Waals surface area (Å²) in [6.45, 7) is 0.